The molecule has 1 N–H and O–H groups in total. The zero-order chi connectivity index (χ0) is 22.0. The number of benzene rings is 1. The lowest BCUT2D eigenvalue weighted by Gasteiger charge is -2.10. The second kappa shape index (κ2) is 8.31. The summed E-state index contributed by atoms with van der Waals surface area (Å²) in [5.74, 6) is 1.38. The van der Waals surface area contributed by atoms with Gasteiger partial charge in [0.25, 0.3) is 11.8 Å². The predicted molar refractivity (Wildman–Crippen MR) is 116 cm³/mol. The minimum Gasteiger partial charge on any atom is -0.347 e. The van der Waals surface area contributed by atoms with Crippen LogP contribution in [0.15, 0.2) is 59.6 Å². The van der Waals surface area contributed by atoms with Crippen molar-refractivity contribution >= 4 is 17.5 Å². The molecular weight excluding hydrogens is 416 g/mol. The Morgan fingerprint density at radius 1 is 1.19 bits per heavy atom. The molecule has 0 aliphatic heterocycles. The van der Waals surface area contributed by atoms with E-state index in [1.807, 2.05) is 39.0 Å². The van der Waals surface area contributed by atoms with Crippen molar-refractivity contribution in [2.45, 2.75) is 32.7 Å². The molecule has 4 aromatic rings. The molecule has 3 aromatic heterocycles. The number of hydrogen-bond donors (Lipinski definition) is 1. The molecule has 1 amide bonds. The Bertz CT molecular complexity index is 1210. The Morgan fingerprint density at radius 3 is 2.71 bits per heavy atom. The van der Waals surface area contributed by atoms with E-state index in [0.717, 1.165) is 5.56 Å². The number of imidazole rings is 1. The van der Waals surface area contributed by atoms with Crippen molar-refractivity contribution in [3.8, 4) is 17.3 Å². The van der Waals surface area contributed by atoms with Crippen molar-refractivity contribution in [3.05, 3.63) is 77.2 Å². The lowest BCUT2D eigenvalue weighted by Crippen LogP contribution is -2.23. The van der Waals surface area contributed by atoms with Gasteiger partial charge in [0, 0.05) is 29.4 Å². The molecular formula is C22H21ClN6O2. The highest BCUT2D eigenvalue weighted by Crippen LogP contribution is 2.23. The normalized spacial score (nSPS) is 11.5. The fourth-order valence-electron chi connectivity index (χ4n) is 2.80. The number of hydrogen-bond acceptors (Lipinski definition) is 6. The van der Waals surface area contributed by atoms with Gasteiger partial charge in [0.2, 0.25) is 0 Å². The van der Waals surface area contributed by atoms with Crippen LogP contribution in [0.3, 0.4) is 0 Å². The largest absolute Gasteiger partial charge is 0.347 e. The molecule has 0 bridgehead atoms. The van der Waals surface area contributed by atoms with Crippen LogP contribution in [0.5, 0.6) is 0 Å². The Hall–Kier alpha value is -3.52. The number of amides is 1. The molecule has 0 atom stereocenters. The predicted octanol–water partition coefficient (Wildman–Crippen LogP) is 4.20. The molecule has 1 aromatic carbocycles. The van der Waals surface area contributed by atoms with E-state index in [0.29, 0.717) is 40.4 Å². The average Bonchev–Trinajstić information content (AvgIpc) is 3.42. The SMILES string of the molecule is CC(C)(C)c1noc(-c2ccc(-n3cnc(C(=O)NCc4cccc(Cl)c4)c3)nc2)n1. The molecule has 0 aliphatic rings. The van der Waals surface area contributed by atoms with Crippen LogP contribution in [-0.2, 0) is 12.0 Å². The number of pyridine rings is 1. The molecule has 0 saturated carbocycles. The van der Waals surface area contributed by atoms with Gasteiger partial charge in [-0.2, -0.15) is 4.98 Å². The fraction of sp³-hybridized carbons (Fsp3) is 0.227. The zero-order valence-electron chi connectivity index (χ0n) is 17.3. The number of halogens is 1. The summed E-state index contributed by atoms with van der Waals surface area (Å²) in [6.45, 7) is 6.42. The number of rotatable bonds is 5. The van der Waals surface area contributed by atoms with Crippen LogP contribution in [0, 0.1) is 0 Å². The smallest absolute Gasteiger partial charge is 0.271 e. The first kappa shape index (κ1) is 20.7. The molecule has 0 radical (unpaired) electrons. The highest BCUT2D eigenvalue weighted by molar-refractivity contribution is 6.30. The minimum absolute atomic E-state index is 0.199. The van der Waals surface area contributed by atoms with Crippen LogP contribution in [0.4, 0.5) is 0 Å². The van der Waals surface area contributed by atoms with Crippen molar-refractivity contribution in [3.63, 3.8) is 0 Å². The van der Waals surface area contributed by atoms with Crippen LogP contribution in [0.2, 0.25) is 5.02 Å². The van der Waals surface area contributed by atoms with E-state index in [-0.39, 0.29) is 11.3 Å². The summed E-state index contributed by atoms with van der Waals surface area (Å²) in [5.41, 5.74) is 1.72. The second-order valence-electron chi connectivity index (χ2n) is 8.06. The molecule has 8 nitrogen and oxygen atoms in total. The van der Waals surface area contributed by atoms with Gasteiger partial charge in [-0.3, -0.25) is 9.36 Å². The maximum atomic E-state index is 12.4. The molecule has 4 rings (SSSR count). The number of carbonyl (C=O) groups excluding carboxylic acids is 1. The van der Waals surface area contributed by atoms with E-state index in [2.05, 4.69) is 25.4 Å². The zero-order valence-corrected chi connectivity index (χ0v) is 18.1. The van der Waals surface area contributed by atoms with Crippen LogP contribution in [0.25, 0.3) is 17.3 Å². The number of carbonyl (C=O) groups is 1. The number of nitrogens with one attached hydrogen (secondary N) is 1. The van der Waals surface area contributed by atoms with Gasteiger partial charge in [0.05, 0.1) is 5.56 Å². The summed E-state index contributed by atoms with van der Waals surface area (Å²) in [6.07, 6.45) is 4.81. The van der Waals surface area contributed by atoms with Gasteiger partial charge < -0.3 is 9.84 Å². The monoisotopic (exact) mass is 436 g/mol. The summed E-state index contributed by atoms with van der Waals surface area (Å²) >= 11 is 5.97. The molecule has 9 heteroatoms. The van der Waals surface area contributed by atoms with Crippen LogP contribution in [0.1, 0.15) is 42.6 Å². The molecule has 0 unspecified atom stereocenters. The Balaban J connectivity index is 1.44. The van der Waals surface area contributed by atoms with Crippen LogP contribution in [-0.4, -0.2) is 30.6 Å². The first-order chi connectivity index (χ1) is 14.8. The third-order valence-electron chi connectivity index (χ3n) is 4.51. The van der Waals surface area contributed by atoms with Crippen LogP contribution < -0.4 is 5.32 Å². The maximum absolute atomic E-state index is 12.4. The minimum atomic E-state index is -0.282. The van der Waals surface area contributed by atoms with Crippen LogP contribution >= 0.6 is 11.6 Å². The Kier molecular flexibility index (Phi) is 5.56. The molecule has 31 heavy (non-hydrogen) atoms. The highest BCUT2D eigenvalue weighted by atomic mass is 35.5. The highest BCUT2D eigenvalue weighted by Gasteiger charge is 2.21. The van der Waals surface area contributed by atoms with E-state index in [4.69, 9.17) is 16.1 Å². The summed E-state index contributed by atoms with van der Waals surface area (Å²) < 4.78 is 7.02. The van der Waals surface area contributed by atoms with Crippen molar-refractivity contribution in [1.82, 2.24) is 30.0 Å². The van der Waals surface area contributed by atoms with Crippen molar-refractivity contribution in [2.24, 2.45) is 0 Å². The topological polar surface area (TPSA) is 98.7 Å². The molecule has 0 spiro atoms. The quantitative estimate of drug-likeness (QED) is 0.503. The molecule has 0 fully saturated rings. The second-order valence-corrected chi connectivity index (χ2v) is 8.49. The third-order valence-corrected chi connectivity index (χ3v) is 4.75. The first-order valence-electron chi connectivity index (χ1n) is 9.67. The lowest BCUT2D eigenvalue weighted by molar-refractivity contribution is 0.0946. The number of nitrogens with zero attached hydrogens (tertiary/aromatic N) is 5. The van der Waals surface area contributed by atoms with E-state index in [9.17, 15) is 4.79 Å². The van der Waals surface area contributed by atoms with Gasteiger partial charge in [-0.1, -0.05) is 49.7 Å². The van der Waals surface area contributed by atoms with Crippen molar-refractivity contribution in [2.75, 3.05) is 0 Å². The number of aromatic nitrogens is 5. The molecule has 0 aliphatic carbocycles. The lowest BCUT2D eigenvalue weighted by atomic mass is 9.96. The van der Waals surface area contributed by atoms with Gasteiger partial charge in [-0.25, -0.2) is 9.97 Å². The van der Waals surface area contributed by atoms with E-state index >= 15 is 0 Å². The first-order valence-corrected chi connectivity index (χ1v) is 10.0. The summed E-state index contributed by atoms with van der Waals surface area (Å²) in [5, 5.41) is 7.49. The summed E-state index contributed by atoms with van der Waals surface area (Å²) in [4.78, 5) is 25.4. The van der Waals surface area contributed by atoms with E-state index < -0.39 is 0 Å². The van der Waals surface area contributed by atoms with Crippen molar-refractivity contribution < 1.29 is 9.32 Å². The average molecular weight is 437 g/mol. The van der Waals surface area contributed by atoms with Gasteiger partial charge in [0.15, 0.2) is 5.82 Å². The summed E-state index contributed by atoms with van der Waals surface area (Å²) in [7, 11) is 0. The molecule has 3 heterocycles. The van der Waals surface area contributed by atoms with E-state index in [1.54, 1.807) is 41.5 Å². The van der Waals surface area contributed by atoms with Gasteiger partial charge in [0.1, 0.15) is 17.8 Å². The van der Waals surface area contributed by atoms with Crippen molar-refractivity contribution in [1.29, 1.82) is 0 Å². The Morgan fingerprint density at radius 2 is 2.03 bits per heavy atom. The summed E-state index contributed by atoms with van der Waals surface area (Å²) in [6, 6.07) is 11.0. The standard InChI is InChI=1S/C22H21ClN6O2/c1-22(2,3)21-27-20(31-28-21)15-7-8-18(24-11-15)29-12-17(26-13-29)19(30)25-10-14-5-4-6-16(23)9-14/h4-9,11-13H,10H2,1-3H3,(H,25,30). The molecule has 158 valence electrons. The van der Waals surface area contributed by atoms with Gasteiger partial charge >= 0.3 is 0 Å². The van der Waals surface area contributed by atoms with Gasteiger partial charge in [-0.15, -0.1) is 0 Å². The maximum Gasteiger partial charge on any atom is 0.271 e. The fourth-order valence-corrected chi connectivity index (χ4v) is 3.01. The third kappa shape index (κ3) is 4.80. The molecule has 0 saturated heterocycles. The van der Waals surface area contributed by atoms with E-state index in [1.165, 1.54) is 0 Å². The van der Waals surface area contributed by atoms with Gasteiger partial charge in [-0.05, 0) is 29.8 Å². The Labute approximate surface area is 184 Å².